The fraction of sp³-hybridized carbons (Fsp3) is 0.231. The van der Waals surface area contributed by atoms with E-state index in [1.165, 1.54) is 0 Å². The second-order valence-corrected chi connectivity index (χ2v) is 3.92. The summed E-state index contributed by atoms with van der Waals surface area (Å²) in [4.78, 5) is 22.6. The van der Waals surface area contributed by atoms with Crippen LogP contribution in [0.15, 0.2) is 34.7 Å². The van der Waals surface area contributed by atoms with Crippen LogP contribution in [0.1, 0.15) is 23.9 Å². The Kier molecular flexibility index (Phi) is 3.32. The Hall–Kier alpha value is -2.30. The van der Waals surface area contributed by atoms with Crippen molar-refractivity contribution in [3.8, 4) is 0 Å². The van der Waals surface area contributed by atoms with Gasteiger partial charge in [0, 0.05) is 5.39 Å². The number of carbonyl (C=O) groups is 2. The van der Waals surface area contributed by atoms with Gasteiger partial charge < -0.3 is 14.8 Å². The number of nitrogens with one attached hydrogen (secondary N) is 1. The molecule has 1 atom stereocenters. The molecule has 0 saturated heterocycles. The Morgan fingerprint density at radius 3 is 2.72 bits per heavy atom. The highest BCUT2D eigenvalue weighted by Crippen LogP contribution is 2.18. The van der Waals surface area contributed by atoms with Crippen LogP contribution >= 0.6 is 0 Å². The number of amides is 1. The number of carboxylic acid groups (broad SMARTS) is 1. The third-order valence-corrected chi connectivity index (χ3v) is 2.66. The zero-order valence-electron chi connectivity index (χ0n) is 9.84. The minimum Gasteiger partial charge on any atom is -0.480 e. The zero-order chi connectivity index (χ0) is 13.1. The second kappa shape index (κ2) is 4.91. The van der Waals surface area contributed by atoms with Crippen molar-refractivity contribution in [2.24, 2.45) is 0 Å². The first-order chi connectivity index (χ1) is 8.61. The first-order valence-electron chi connectivity index (χ1n) is 5.64. The van der Waals surface area contributed by atoms with Gasteiger partial charge in [-0.1, -0.05) is 25.1 Å². The lowest BCUT2D eigenvalue weighted by Gasteiger charge is -2.10. The van der Waals surface area contributed by atoms with Crippen molar-refractivity contribution >= 4 is 22.8 Å². The van der Waals surface area contributed by atoms with Crippen LogP contribution < -0.4 is 5.32 Å². The fourth-order valence-corrected chi connectivity index (χ4v) is 1.66. The molecule has 0 spiro atoms. The molecule has 0 radical (unpaired) electrons. The van der Waals surface area contributed by atoms with Crippen LogP contribution in [0.5, 0.6) is 0 Å². The van der Waals surface area contributed by atoms with E-state index in [1.54, 1.807) is 25.1 Å². The molecule has 1 heterocycles. The summed E-state index contributed by atoms with van der Waals surface area (Å²) in [6, 6.07) is 7.92. The van der Waals surface area contributed by atoms with Crippen LogP contribution in [0.4, 0.5) is 0 Å². The summed E-state index contributed by atoms with van der Waals surface area (Å²) in [7, 11) is 0. The topological polar surface area (TPSA) is 79.5 Å². The quantitative estimate of drug-likeness (QED) is 0.866. The Labute approximate surface area is 103 Å². The number of aliphatic carboxylic acids is 1. The van der Waals surface area contributed by atoms with Gasteiger partial charge in [0.2, 0.25) is 0 Å². The van der Waals surface area contributed by atoms with Crippen molar-refractivity contribution in [2.75, 3.05) is 0 Å². The van der Waals surface area contributed by atoms with Crippen LogP contribution in [0, 0.1) is 0 Å². The number of rotatable bonds is 4. The lowest BCUT2D eigenvalue weighted by molar-refractivity contribution is -0.139. The summed E-state index contributed by atoms with van der Waals surface area (Å²) in [5.74, 6) is -1.45. The standard InChI is InChI=1S/C13H13NO4/c1-2-9(13(16)17)14-12(15)11-7-8-5-3-4-6-10(8)18-11/h3-7,9H,2H2,1H3,(H,14,15)(H,16,17)/t9-/m0/s1. The molecule has 94 valence electrons. The SMILES string of the molecule is CC[C@H](NC(=O)c1cc2ccccc2o1)C(=O)O. The average molecular weight is 247 g/mol. The predicted molar refractivity (Wildman–Crippen MR) is 65.4 cm³/mol. The van der Waals surface area contributed by atoms with E-state index in [9.17, 15) is 9.59 Å². The number of hydrogen-bond acceptors (Lipinski definition) is 3. The molecular formula is C13H13NO4. The number of carbonyl (C=O) groups excluding carboxylic acids is 1. The zero-order valence-corrected chi connectivity index (χ0v) is 9.84. The number of carboxylic acids is 1. The minimum atomic E-state index is -1.05. The smallest absolute Gasteiger partial charge is 0.326 e. The molecule has 0 saturated carbocycles. The highest BCUT2D eigenvalue weighted by atomic mass is 16.4. The maximum atomic E-state index is 11.8. The number of fused-ring (bicyclic) bond motifs is 1. The van der Waals surface area contributed by atoms with Gasteiger partial charge in [-0.25, -0.2) is 4.79 Å². The van der Waals surface area contributed by atoms with Gasteiger partial charge in [-0.15, -0.1) is 0 Å². The van der Waals surface area contributed by atoms with Gasteiger partial charge in [-0.05, 0) is 18.6 Å². The van der Waals surface area contributed by atoms with E-state index in [0.29, 0.717) is 12.0 Å². The maximum absolute atomic E-state index is 11.8. The number of hydrogen-bond donors (Lipinski definition) is 2. The average Bonchev–Trinajstić information content (AvgIpc) is 2.79. The third kappa shape index (κ3) is 2.34. The molecule has 0 unspecified atom stereocenters. The van der Waals surface area contributed by atoms with Gasteiger partial charge in [0.1, 0.15) is 11.6 Å². The van der Waals surface area contributed by atoms with Crippen molar-refractivity contribution < 1.29 is 19.1 Å². The largest absolute Gasteiger partial charge is 0.480 e. The third-order valence-electron chi connectivity index (χ3n) is 2.66. The maximum Gasteiger partial charge on any atom is 0.326 e. The van der Waals surface area contributed by atoms with E-state index in [2.05, 4.69) is 5.32 Å². The molecule has 5 heteroatoms. The van der Waals surface area contributed by atoms with E-state index in [0.717, 1.165) is 5.39 Å². The van der Waals surface area contributed by atoms with E-state index in [4.69, 9.17) is 9.52 Å². The van der Waals surface area contributed by atoms with Crippen LogP contribution in [0.3, 0.4) is 0 Å². The van der Waals surface area contributed by atoms with E-state index >= 15 is 0 Å². The van der Waals surface area contributed by atoms with Crippen molar-refractivity contribution in [3.05, 3.63) is 36.1 Å². The van der Waals surface area contributed by atoms with Gasteiger partial charge >= 0.3 is 5.97 Å². The van der Waals surface area contributed by atoms with Crippen molar-refractivity contribution in [1.29, 1.82) is 0 Å². The van der Waals surface area contributed by atoms with Gasteiger partial charge in [-0.3, -0.25) is 4.79 Å². The molecule has 5 nitrogen and oxygen atoms in total. The first kappa shape index (κ1) is 12.2. The summed E-state index contributed by atoms with van der Waals surface area (Å²) < 4.78 is 5.35. The molecule has 2 rings (SSSR count). The fourth-order valence-electron chi connectivity index (χ4n) is 1.66. The monoisotopic (exact) mass is 247 g/mol. The number of para-hydroxylation sites is 1. The van der Waals surface area contributed by atoms with Gasteiger partial charge in [0.25, 0.3) is 5.91 Å². The van der Waals surface area contributed by atoms with Crippen molar-refractivity contribution in [2.45, 2.75) is 19.4 Å². The molecule has 2 aromatic rings. The van der Waals surface area contributed by atoms with Crippen molar-refractivity contribution in [3.63, 3.8) is 0 Å². The molecule has 18 heavy (non-hydrogen) atoms. The van der Waals surface area contributed by atoms with Crippen LogP contribution in [0.2, 0.25) is 0 Å². The molecule has 0 aliphatic rings. The Bertz CT molecular complexity index is 554. The van der Waals surface area contributed by atoms with Crippen LogP contribution in [0.25, 0.3) is 11.0 Å². The van der Waals surface area contributed by atoms with Crippen molar-refractivity contribution in [1.82, 2.24) is 5.32 Å². The highest BCUT2D eigenvalue weighted by Gasteiger charge is 2.20. The molecule has 2 N–H and O–H groups in total. The molecule has 0 fully saturated rings. The van der Waals surface area contributed by atoms with E-state index in [-0.39, 0.29) is 5.76 Å². The van der Waals surface area contributed by atoms with Gasteiger partial charge in [0.15, 0.2) is 5.76 Å². The number of furan rings is 1. The lowest BCUT2D eigenvalue weighted by atomic mass is 10.2. The summed E-state index contributed by atoms with van der Waals surface area (Å²) in [6.07, 6.45) is 0.321. The normalized spacial score (nSPS) is 12.3. The Morgan fingerprint density at radius 1 is 1.39 bits per heavy atom. The minimum absolute atomic E-state index is 0.121. The highest BCUT2D eigenvalue weighted by molar-refractivity contribution is 5.97. The van der Waals surface area contributed by atoms with Crippen LogP contribution in [-0.2, 0) is 4.79 Å². The Balaban J connectivity index is 2.20. The van der Waals surface area contributed by atoms with E-state index in [1.807, 2.05) is 12.1 Å². The molecule has 1 amide bonds. The Morgan fingerprint density at radius 2 is 2.11 bits per heavy atom. The summed E-state index contributed by atoms with van der Waals surface area (Å²) in [5, 5.41) is 12.1. The summed E-state index contributed by atoms with van der Waals surface area (Å²) >= 11 is 0. The number of benzene rings is 1. The molecular weight excluding hydrogens is 234 g/mol. The predicted octanol–water partition coefficient (Wildman–Crippen LogP) is 2.03. The lowest BCUT2D eigenvalue weighted by Crippen LogP contribution is -2.40. The van der Waals surface area contributed by atoms with Crippen LogP contribution in [-0.4, -0.2) is 23.0 Å². The molecule has 0 aliphatic carbocycles. The van der Waals surface area contributed by atoms with Gasteiger partial charge in [-0.2, -0.15) is 0 Å². The molecule has 1 aromatic heterocycles. The molecule has 0 bridgehead atoms. The molecule has 0 aliphatic heterocycles. The van der Waals surface area contributed by atoms with E-state index < -0.39 is 17.9 Å². The summed E-state index contributed by atoms with van der Waals surface area (Å²) in [5.41, 5.74) is 0.603. The first-order valence-corrected chi connectivity index (χ1v) is 5.64. The summed E-state index contributed by atoms with van der Waals surface area (Å²) in [6.45, 7) is 1.69. The molecule has 1 aromatic carbocycles. The van der Waals surface area contributed by atoms with Gasteiger partial charge in [0.05, 0.1) is 0 Å². The second-order valence-electron chi connectivity index (χ2n) is 3.92.